The van der Waals surface area contributed by atoms with Gasteiger partial charge in [0.2, 0.25) is 5.91 Å². The van der Waals surface area contributed by atoms with Gasteiger partial charge in [0.25, 0.3) is 0 Å². The number of sulfone groups is 1. The number of amides is 1. The number of primary amides is 1. The molecule has 2 aliphatic rings. The zero-order valence-corrected chi connectivity index (χ0v) is 21.3. The third-order valence-corrected chi connectivity index (χ3v) is 9.45. The van der Waals surface area contributed by atoms with Crippen LogP contribution in [-0.2, 0) is 20.2 Å². The van der Waals surface area contributed by atoms with Gasteiger partial charge in [-0.05, 0) is 73.9 Å². The number of nitrogens with zero attached hydrogens (tertiary/aromatic N) is 2. The van der Waals surface area contributed by atoms with Crippen LogP contribution in [0.1, 0.15) is 64.2 Å². The van der Waals surface area contributed by atoms with Crippen molar-refractivity contribution >= 4 is 26.8 Å². The van der Waals surface area contributed by atoms with E-state index in [0.29, 0.717) is 5.82 Å². The van der Waals surface area contributed by atoms with Crippen molar-refractivity contribution in [2.75, 3.05) is 6.26 Å². The van der Waals surface area contributed by atoms with Gasteiger partial charge in [0, 0.05) is 11.8 Å². The van der Waals surface area contributed by atoms with Crippen LogP contribution in [-0.4, -0.2) is 30.1 Å². The summed E-state index contributed by atoms with van der Waals surface area (Å²) in [6.45, 7) is 0. The highest BCUT2D eigenvalue weighted by atomic mass is 32.2. The van der Waals surface area contributed by atoms with Crippen LogP contribution < -0.4 is 5.73 Å². The van der Waals surface area contributed by atoms with E-state index >= 15 is 0 Å². The summed E-state index contributed by atoms with van der Waals surface area (Å²) in [5, 5.41) is 0. The number of aromatic nitrogens is 2. The maximum absolute atomic E-state index is 13.8. The monoisotopic (exact) mass is 493 g/mol. The molecule has 2 saturated carbocycles. The third-order valence-electron chi connectivity index (χ3n) is 8.32. The van der Waals surface area contributed by atoms with Crippen molar-refractivity contribution in [3.8, 4) is 11.4 Å². The van der Waals surface area contributed by atoms with E-state index in [4.69, 9.17) is 10.7 Å². The number of carbonyl (C=O) groups excluding carboxylic acids is 1. The van der Waals surface area contributed by atoms with Gasteiger partial charge in [-0.25, -0.2) is 13.4 Å². The molecule has 3 aromatic rings. The Kier molecular flexibility index (Phi) is 6.47. The smallest absolute Gasteiger partial charge is 0.244 e. The molecule has 0 atom stereocenters. The Balaban J connectivity index is 1.79. The van der Waals surface area contributed by atoms with Gasteiger partial charge in [0.1, 0.15) is 11.4 Å². The average molecular weight is 494 g/mol. The molecule has 2 aromatic carbocycles. The van der Waals surface area contributed by atoms with Gasteiger partial charge < -0.3 is 10.3 Å². The van der Waals surface area contributed by atoms with Crippen molar-refractivity contribution in [3.63, 3.8) is 0 Å². The van der Waals surface area contributed by atoms with Crippen molar-refractivity contribution < 1.29 is 13.2 Å². The standard InChI is InChI=1S/C28H35N3O3S/c1-35(33,34)23-18-16-20(17-19-23)26-30-24-14-8-9-15-25(24)31(26)28(27(29)32,21-10-4-2-5-11-21)22-12-6-3-7-13-22/h8-9,14-19,21-22H,2-7,10-13H2,1H3,(H2,29,32). The van der Waals surface area contributed by atoms with E-state index in [1.54, 1.807) is 12.1 Å². The molecule has 2 aliphatic carbocycles. The van der Waals surface area contributed by atoms with Gasteiger partial charge in [-0.3, -0.25) is 4.79 Å². The van der Waals surface area contributed by atoms with Gasteiger partial charge in [0.15, 0.2) is 9.84 Å². The van der Waals surface area contributed by atoms with Crippen molar-refractivity contribution in [3.05, 3.63) is 48.5 Å². The summed E-state index contributed by atoms with van der Waals surface area (Å²) in [7, 11) is -3.31. The quantitative estimate of drug-likeness (QED) is 0.494. The number of carbonyl (C=O) groups is 1. The molecule has 1 amide bonds. The van der Waals surface area contributed by atoms with Crippen LogP contribution in [0.3, 0.4) is 0 Å². The molecule has 0 unspecified atom stereocenters. The first-order valence-corrected chi connectivity index (χ1v) is 14.8. The Morgan fingerprint density at radius 1 is 0.886 bits per heavy atom. The van der Waals surface area contributed by atoms with E-state index in [1.165, 1.54) is 19.1 Å². The highest BCUT2D eigenvalue weighted by Crippen LogP contribution is 2.50. The second-order valence-corrected chi connectivity index (χ2v) is 12.4. The number of nitrogens with two attached hydrogens (primary N) is 1. The molecule has 5 rings (SSSR count). The van der Waals surface area contributed by atoms with Gasteiger partial charge in [0.05, 0.1) is 15.9 Å². The lowest BCUT2D eigenvalue weighted by Crippen LogP contribution is -2.58. The molecule has 1 heterocycles. The molecule has 0 radical (unpaired) electrons. The van der Waals surface area contributed by atoms with Crippen LogP contribution in [0.2, 0.25) is 0 Å². The number of hydrogen-bond donors (Lipinski definition) is 1. The predicted octanol–water partition coefficient (Wildman–Crippen LogP) is 5.45. The van der Waals surface area contributed by atoms with E-state index < -0.39 is 15.4 Å². The maximum atomic E-state index is 13.8. The minimum absolute atomic E-state index is 0.156. The highest BCUT2D eigenvalue weighted by molar-refractivity contribution is 7.90. The largest absolute Gasteiger partial charge is 0.368 e. The third kappa shape index (κ3) is 4.18. The lowest BCUT2D eigenvalue weighted by molar-refractivity contribution is -0.135. The van der Waals surface area contributed by atoms with Crippen LogP contribution in [0.15, 0.2) is 53.4 Å². The normalized spacial score (nSPS) is 18.7. The minimum atomic E-state index is -3.31. The summed E-state index contributed by atoms with van der Waals surface area (Å²) in [5.41, 5.74) is 8.16. The van der Waals surface area contributed by atoms with E-state index in [9.17, 15) is 13.2 Å². The SMILES string of the molecule is CS(=O)(=O)c1ccc(-c2nc3ccccc3n2C(C(N)=O)(C2CCCCC2)C2CCCCC2)cc1. The maximum Gasteiger partial charge on any atom is 0.244 e. The molecule has 0 spiro atoms. The first-order chi connectivity index (χ1) is 16.8. The lowest BCUT2D eigenvalue weighted by Gasteiger charge is -2.48. The number of fused-ring (bicyclic) bond motifs is 1. The molecule has 2 N–H and O–H groups in total. The Hall–Kier alpha value is -2.67. The summed E-state index contributed by atoms with van der Waals surface area (Å²) in [6.07, 6.45) is 12.0. The zero-order chi connectivity index (χ0) is 24.6. The number of hydrogen-bond acceptors (Lipinski definition) is 4. The molecule has 2 fully saturated rings. The Labute approximate surface area is 207 Å². The van der Waals surface area contributed by atoms with Crippen molar-refractivity contribution in [1.29, 1.82) is 0 Å². The summed E-state index contributed by atoms with van der Waals surface area (Å²) in [6, 6.07) is 14.8. The number of imidazole rings is 1. The molecule has 1 aromatic heterocycles. The van der Waals surface area contributed by atoms with Crippen molar-refractivity contribution in [1.82, 2.24) is 9.55 Å². The number of rotatable bonds is 6. The van der Waals surface area contributed by atoms with Crippen LogP contribution in [0, 0.1) is 11.8 Å². The fourth-order valence-electron chi connectivity index (χ4n) is 6.74. The first-order valence-electron chi connectivity index (χ1n) is 12.9. The molecule has 6 nitrogen and oxygen atoms in total. The Morgan fingerprint density at radius 2 is 1.43 bits per heavy atom. The Morgan fingerprint density at radius 3 is 1.94 bits per heavy atom. The van der Waals surface area contributed by atoms with Crippen molar-refractivity contribution in [2.24, 2.45) is 17.6 Å². The molecule has 0 saturated heterocycles. The molecular formula is C28H35N3O3S. The summed E-state index contributed by atoms with van der Waals surface area (Å²) >= 11 is 0. The van der Waals surface area contributed by atoms with E-state index in [1.807, 2.05) is 36.4 Å². The van der Waals surface area contributed by atoms with E-state index in [2.05, 4.69) is 4.57 Å². The molecule has 0 bridgehead atoms. The second kappa shape index (κ2) is 9.41. The van der Waals surface area contributed by atoms with Gasteiger partial charge in [-0.2, -0.15) is 0 Å². The molecule has 186 valence electrons. The summed E-state index contributed by atoms with van der Waals surface area (Å²) < 4.78 is 26.3. The molecular weight excluding hydrogens is 458 g/mol. The van der Waals surface area contributed by atoms with Crippen molar-refractivity contribution in [2.45, 2.75) is 74.6 Å². The Bertz CT molecular complexity index is 1300. The van der Waals surface area contributed by atoms with Crippen LogP contribution in [0.25, 0.3) is 22.4 Å². The molecule has 35 heavy (non-hydrogen) atoms. The summed E-state index contributed by atoms with van der Waals surface area (Å²) in [5.74, 6) is 0.752. The van der Waals surface area contributed by atoms with Gasteiger partial charge in [-0.15, -0.1) is 0 Å². The average Bonchev–Trinajstić information content (AvgIpc) is 3.25. The topological polar surface area (TPSA) is 95.1 Å². The van der Waals surface area contributed by atoms with Crippen LogP contribution >= 0.6 is 0 Å². The van der Waals surface area contributed by atoms with Crippen LogP contribution in [0.5, 0.6) is 0 Å². The fraction of sp³-hybridized carbons (Fsp3) is 0.500. The first kappa shape index (κ1) is 24.0. The second-order valence-electron chi connectivity index (χ2n) is 10.4. The number of benzene rings is 2. The van der Waals surface area contributed by atoms with Gasteiger partial charge in [-0.1, -0.05) is 50.7 Å². The highest BCUT2D eigenvalue weighted by Gasteiger charge is 2.53. The molecule has 0 aliphatic heterocycles. The van der Waals surface area contributed by atoms with Crippen LogP contribution in [0.4, 0.5) is 0 Å². The van der Waals surface area contributed by atoms with E-state index in [0.717, 1.165) is 68.0 Å². The number of para-hydroxylation sites is 2. The predicted molar refractivity (Wildman–Crippen MR) is 139 cm³/mol. The van der Waals surface area contributed by atoms with E-state index in [-0.39, 0.29) is 22.6 Å². The fourth-order valence-corrected chi connectivity index (χ4v) is 7.37. The lowest BCUT2D eigenvalue weighted by atomic mass is 9.63. The zero-order valence-electron chi connectivity index (χ0n) is 20.4. The molecule has 7 heteroatoms. The summed E-state index contributed by atoms with van der Waals surface area (Å²) in [4.78, 5) is 19.1. The van der Waals surface area contributed by atoms with Gasteiger partial charge >= 0.3 is 0 Å². The minimum Gasteiger partial charge on any atom is -0.368 e.